The van der Waals surface area contributed by atoms with Gasteiger partial charge in [0.25, 0.3) is 0 Å². The van der Waals surface area contributed by atoms with Crippen molar-refractivity contribution in [1.29, 1.82) is 0 Å². The topological polar surface area (TPSA) is 32.8 Å². The molecule has 1 fully saturated rings. The highest BCUT2D eigenvalue weighted by Crippen LogP contribution is 2.21. The van der Waals surface area contributed by atoms with Gasteiger partial charge >= 0.3 is 5.97 Å². The molecule has 0 aliphatic carbocycles. The number of hydrogen-bond donors (Lipinski definition) is 0. The summed E-state index contributed by atoms with van der Waals surface area (Å²) in [5.74, 6) is 0.00716. The molecule has 1 aliphatic heterocycles. The van der Waals surface area contributed by atoms with Crippen LogP contribution in [0.1, 0.15) is 39.2 Å². The smallest absolute Gasteiger partial charge is 0.310 e. The number of anilines is 1. The van der Waals surface area contributed by atoms with E-state index in [1.807, 2.05) is 6.92 Å². The molecule has 1 aliphatic rings. The van der Waals surface area contributed by atoms with Crippen LogP contribution >= 0.6 is 0 Å². The van der Waals surface area contributed by atoms with Crippen molar-refractivity contribution in [2.75, 3.05) is 37.7 Å². The molecule has 1 aromatic carbocycles. The average molecular weight is 318 g/mol. The molecule has 1 heterocycles. The molecule has 4 heteroatoms. The van der Waals surface area contributed by atoms with Crippen molar-refractivity contribution in [2.24, 2.45) is 5.92 Å². The molecular formula is C19H30N2O2. The van der Waals surface area contributed by atoms with Crippen molar-refractivity contribution in [1.82, 2.24) is 4.90 Å². The minimum atomic E-state index is -0.0333. The van der Waals surface area contributed by atoms with E-state index >= 15 is 0 Å². The Hall–Kier alpha value is -1.55. The Morgan fingerprint density at radius 2 is 1.91 bits per heavy atom. The van der Waals surface area contributed by atoms with Gasteiger partial charge in [0.2, 0.25) is 0 Å². The molecule has 0 aromatic heterocycles. The summed E-state index contributed by atoms with van der Waals surface area (Å²) in [6.07, 6.45) is 2.03. The average Bonchev–Trinajstić information content (AvgIpc) is 2.58. The van der Waals surface area contributed by atoms with Crippen LogP contribution in [0, 0.1) is 5.92 Å². The van der Waals surface area contributed by atoms with E-state index in [4.69, 9.17) is 4.74 Å². The molecule has 0 radical (unpaired) electrons. The number of hydrogen-bond acceptors (Lipinski definition) is 4. The second-order valence-corrected chi connectivity index (χ2v) is 6.17. The fraction of sp³-hybridized carbons (Fsp3) is 0.632. The van der Waals surface area contributed by atoms with E-state index in [0.29, 0.717) is 6.61 Å². The molecule has 0 amide bonds. The fourth-order valence-electron chi connectivity index (χ4n) is 3.31. The quantitative estimate of drug-likeness (QED) is 0.722. The first kappa shape index (κ1) is 17.8. The number of carbonyl (C=O) groups excluding carboxylic acids is 1. The van der Waals surface area contributed by atoms with Crippen LogP contribution in [0.3, 0.4) is 0 Å². The van der Waals surface area contributed by atoms with Gasteiger partial charge in [0.15, 0.2) is 0 Å². The predicted molar refractivity (Wildman–Crippen MR) is 94.6 cm³/mol. The largest absolute Gasteiger partial charge is 0.466 e. The number of carbonyl (C=O) groups is 1. The van der Waals surface area contributed by atoms with Crippen molar-refractivity contribution in [3.8, 4) is 0 Å². The summed E-state index contributed by atoms with van der Waals surface area (Å²) < 4.78 is 5.18. The Morgan fingerprint density at radius 3 is 2.52 bits per heavy atom. The molecule has 0 saturated carbocycles. The lowest BCUT2D eigenvalue weighted by molar-refractivity contribution is -0.150. The molecule has 128 valence electrons. The standard InChI is InChI=1S/C19H30N2O2/c1-4-21(5-2)18-11-9-16(10-12-18)14-20-13-7-8-17(15-20)19(22)23-6-3/h9-12,17H,4-8,13-15H2,1-3H3/t17-/m0/s1. The van der Waals surface area contributed by atoms with Gasteiger partial charge in [-0.25, -0.2) is 0 Å². The first-order chi connectivity index (χ1) is 11.2. The minimum absolute atomic E-state index is 0.0333. The summed E-state index contributed by atoms with van der Waals surface area (Å²) >= 11 is 0. The molecule has 1 atom stereocenters. The summed E-state index contributed by atoms with van der Waals surface area (Å²) in [6.45, 7) is 11.6. The van der Waals surface area contributed by atoms with Gasteiger partial charge in [-0.05, 0) is 57.9 Å². The zero-order chi connectivity index (χ0) is 16.7. The molecule has 0 N–H and O–H groups in total. The number of benzene rings is 1. The summed E-state index contributed by atoms with van der Waals surface area (Å²) in [7, 11) is 0. The van der Waals surface area contributed by atoms with Crippen LogP contribution in [0.25, 0.3) is 0 Å². The second-order valence-electron chi connectivity index (χ2n) is 6.17. The zero-order valence-electron chi connectivity index (χ0n) is 14.8. The second kappa shape index (κ2) is 8.92. The van der Waals surface area contributed by atoms with Gasteiger partial charge < -0.3 is 9.64 Å². The lowest BCUT2D eigenvalue weighted by Crippen LogP contribution is -2.38. The first-order valence-corrected chi connectivity index (χ1v) is 8.90. The van der Waals surface area contributed by atoms with Crippen LogP contribution in [0.15, 0.2) is 24.3 Å². The fourth-order valence-corrected chi connectivity index (χ4v) is 3.31. The molecule has 4 nitrogen and oxygen atoms in total. The Labute approximate surface area is 140 Å². The van der Waals surface area contributed by atoms with E-state index in [2.05, 4.69) is 47.9 Å². The van der Waals surface area contributed by atoms with Gasteiger partial charge in [-0.2, -0.15) is 0 Å². The Bertz CT molecular complexity index is 483. The Morgan fingerprint density at radius 1 is 1.22 bits per heavy atom. The van der Waals surface area contributed by atoms with Crippen LogP contribution in [0.2, 0.25) is 0 Å². The van der Waals surface area contributed by atoms with Gasteiger partial charge in [0.05, 0.1) is 12.5 Å². The molecule has 1 aromatic rings. The van der Waals surface area contributed by atoms with E-state index in [1.165, 1.54) is 11.3 Å². The summed E-state index contributed by atoms with van der Waals surface area (Å²) in [4.78, 5) is 16.6. The molecule has 1 saturated heterocycles. The predicted octanol–water partition coefficient (Wildman–Crippen LogP) is 3.31. The number of ether oxygens (including phenoxy) is 1. The Balaban J connectivity index is 1.92. The first-order valence-electron chi connectivity index (χ1n) is 8.90. The highest BCUT2D eigenvalue weighted by Gasteiger charge is 2.26. The molecule has 2 rings (SSSR count). The summed E-state index contributed by atoms with van der Waals surface area (Å²) in [6, 6.07) is 8.83. The van der Waals surface area contributed by atoms with Crippen molar-refractivity contribution in [2.45, 2.75) is 40.2 Å². The van der Waals surface area contributed by atoms with Crippen LogP contribution in [-0.2, 0) is 16.1 Å². The maximum Gasteiger partial charge on any atom is 0.310 e. The number of piperidine rings is 1. The molecule has 0 spiro atoms. The third kappa shape index (κ3) is 4.96. The van der Waals surface area contributed by atoms with Crippen molar-refractivity contribution in [3.05, 3.63) is 29.8 Å². The van der Waals surface area contributed by atoms with Crippen LogP contribution in [0.4, 0.5) is 5.69 Å². The number of nitrogens with zero attached hydrogens (tertiary/aromatic N) is 2. The van der Waals surface area contributed by atoms with Crippen molar-refractivity contribution < 1.29 is 9.53 Å². The van der Waals surface area contributed by atoms with Crippen LogP contribution in [0.5, 0.6) is 0 Å². The van der Waals surface area contributed by atoms with Crippen LogP contribution in [-0.4, -0.2) is 43.7 Å². The van der Waals surface area contributed by atoms with Crippen molar-refractivity contribution >= 4 is 11.7 Å². The zero-order valence-corrected chi connectivity index (χ0v) is 14.8. The lowest BCUT2D eigenvalue weighted by Gasteiger charge is -2.31. The summed E-state index contributed by atoms with van der Waals surface area (Å²) in [5.41, 5.74) is 2.59. The van der Waals surface area contributed by atoms with E-state index in [1.54, 1.807) is 0 Å². The van der Waals surface area contributed by atoms with Gasteiger partial charge in [0.1, 0.15) is 0 Å². The normalized spacial score (nSPS) is 18.7. The van der Waals surface area contributed by atoms with Gasteiger partial charge in [-0.3, -0.25) is 9.69 Å². The van der Waals surface area contributed by atoms with Gasteiger partial charge in [-0.15, -0.1) is 0 Å². The van der Waals surface area contributed by atoms with E-state index in [0.717, 1.165) is 45.6 Å². The maximum absolute atomic E-state index is 11.9. The molecular weight excluding hydrogens is 288 g/mol. The van der Waals surface area contributed by atoms with E-state index in [9.17, 15) is 4.79 Å². The van der Waals surface area contributed by atoms with Crippen molar-refractivity contribution in [3.63, 3.8) is 0 Å². The van der Waals surface area contributed by atoms with E-state index < -0.39 is 0 Å². The lowest BCUT2D eigenvalue weighted by atomic mass is 9.97. The molecule has 0 unspecified atom stereocenters. The van der Waals surface area contributed by atoms with Crippen LogP contribution < -0.4 is 4.90 Å². The SMILES string of the molecule is CCOC(=O)[C@H]1CCCN(Cc2ccc(N(CC)CC)cc2)C1. The number of esters is 1. The van der Waals surface area contributed by atoms with Gasteiger partial charge in [0, 0.05) is 31.9 Å². The van der Waals surface area contributed by atoms with Gasteiger partial charge in [-0.1, -0.05) is 12.1 Å². The summed E-state index contributed by atoms with van der Waals surface area (Å²) in [5, 5.41) is 0. The molecule has 23 heavy (non-hydrogen) atoms. The highest BCUT2D eigenvalue weighted by molar-refractivity contribution is 5.72. The molecule has 0 bridgehead atoms. The maximum atomic E-state index is 11.9. The number of likely N-dealkylation sites (tertiary alicyclic amines) is 1. The number of rotatable bonds is 7. The monoisotopic (exact) mass is 318 g/mol. The Kier molecular flexibility index (Phi) is 6.90. The third-order valence-electron chi connectivity index (χ3n) is 4.60. The van der Waals surface area contributed by atoms with E-state index in [-0.39, 0.29) is 11.9 Å². The third-order valence-corrected chi connectivity index (χ3v) is 4.60. The minimum Gasteiger partial charge on any atom is -0.466 e. The highest BCUT2D eigenvalue weighted by atomic mass is 16.5.